The third kappa shape index (κ3) is 5.40. The molecule has 0 spiro atoms. The maximum absolute atomic E-state index is 12.1. The number of H-pyrrole nitrogens is 1. The number of carbonyl (C=O) groups excluding carboxylic acids is 2. The van der Waals surface area contributed by atoms with Gasteiger partial charge in [0, 0.05) is 6.07 Å². The summed E-state index contributed by atoms with van der Waals surface area (Å²) in [6.45, 7) is 7.55. The fraction of sp³-hybridized carbons (Fsp3) is 0.438. The molecule has 0 aliphatic heterocycles. The molecule has 8 nitrogen and oxygen atoms in total. The van der Waals surface area contributed by atoms with Crippen molar-refractivity contribution in [1.82, 2.24) is 15.0 Å². The number of aromatic amines is 1. The summed E-state index contributed by atoms with van der Waals surface area (Å²) in [5.41, 5.74) is 0.930. The van der Waals surface area contributed by atoms with E-state index >= 15 is 0 Å². The van der Waals surface area contributed by atoms with Crippen molar-refractivity contribution >= 4 is 40.1 Å². The van der Waals surface area contributed by atoms with Crippen LogP contribution in [0.5, 0.6) is 0 Å². The van der Waals surface area contributed by atoms with Crippen LogP contribution in [0, 0.1) is 6.92 Å². The highest BCUT2D eigenvalue weighted by atomic mass is 32.2. The zero-order chi connectivity index (χ0) is 19.3. The van der Waals surface area contributed by atoms with Crippen LogP contribution in [0.4, 0.5) is 5.13 Å². The largest absolute Gasteiger partial charge is 0.462 e. The summed E-state index contributed by atoms with van der Waals surface area (Å²) >= 11 is 2.19. The maximum atomic E-state index is 12.1. The molecule has 0 radical (unpaired) electrons. The molecule has 0 saturated carbocycles. The number of hydrogen-bond donors (Lipinski definition) is 2. The van der Waals surface area contributed by atoms with Gasteiger partial charge in [-0.2, -0.15) is 0 Å². The van der Waals surface area contributed by atoms with Gasteiger partial charge in [-0.15, -0.1) is 0 Å². The molecule has 2 aromatic rings. The van der Waals surface area contributed by atoms with Gasteiger partial charge in [-0.1, -0.05) is 36.9 Å². The summed E-state index contributed by atoms with van der Waals surface area (Å²) in [5.74, 6) is -0.593. The molecule has 0 saturated heterocycles. The van der Waals surface area contributed by atoms with Crippen molar-refractivity contribution in [1.29, 1.82) is 0 Å². The molecule has 2 heterocycles. The number of rotatable bonds is 7. The lowest BCUT2D eigenvalue weighted by Gasteiger charge is -2.06. The number of aromatic nitrogens is 3. The number of esters is 1. The van der Waals surface area contributed by atoms with Crippen molar-refractivity contribution in [3.8, 4) is 0 Å². The van der Waals surface area contributed by atoms with Crippen molar-refractivity contribution in [2.24, 2.45) is 0 Å². The summed E-state index contributed by atoms with van der Waals surface area (Å²) in [6, 6.07) is 1.45. The molecular weight excluding hydrogens is 376 g/mol. The average molecular weight is 396 g/mol. The van der Waals surface area contributed by atoms with Gasteiger partial charge in [0.2, 0.25) is 5.91 Å². The maximum Gasteiger partial charge on any atom is 0.350 e. The Morgan fingerprint density at radius 2 is 2.12 bits per heavy atom. The van der Waals surface area contributed by atoms with E-state index in [0.29, 0.717) is 26.6 Å². The summed E-state index contributed by atoms with van der Waals surface area (Å²) in [5, 5.41) is 3.36. The Hall–Kier alpha value is -2.20. The van der Waals surface area contributed by atoms with Gasteiger partial charge in [-0.05, 0) is 19.8 Å². The zero-order valence-corrected chi connectivity index (χ0v) is 16.5. The Morgan fingerprint density at radius 3 is 2.77 bits per heavy atom. The van der Waals surface area contributed by atoms with Crippen LogP contribution in [0.15, 0.2) is 16.0 Å². The van der Waals surface area contributed by atoms with E-state index in [-0.39, 0.29) is 29.7 Å². The predicted octanol–water partition coefficient (Wildman–Crippen LogP) is 2.57. The molecule has 2 aromatic heterocycles. The fourth-order valence-electron chi connectivity index (χ4n) is 1.94. The summed E-state index contributed by atoms with van der Waals surface area (Å²) in [7, 11) is 0. The van der Waals surface area contributed by atoms with Gasteiger partial charge in [0.05, 0.1) is 23.7 Å². The van der Waals surface area contributed by atoms with Crippen molar-refractivity contribution in [2.75, 3.05) is 17.7 Å². The van der Waals surface area contributed by atoms with E-state index in [0.717, 1.165) is 23.1 Å². The molecule has 10 heteroatoms. The SMILES string of the molecule is CCOC(=O)c1sc(NC(=O)CSc2nc(C(C)C)cc(=O)[nH]2)nc1C. The highest BCUT2D eigenvalue weighted by Crippen LogP contribution is 2.24. The lowest BCUT2D eigenvalue weighted by atomic mass is 10.1. The minimum Gasteiger partial charge on any atom is -0.462 e. The van der Waals surface area contributed by atoms with Crippen molar-refractivity contribution < 1.29 is 14.3 Å². The lowest BCUT2D eigenvalue weighted by molar-refractivity contribution is -0.113. The highest BCUT2D eigenvalue weighted by Gasteiger charge is 2.17. The molecule has 0 atom stereocenters. The second-order valence-corrected chi connectivity index (χ2v) is 7.58. The third-order valence-corrected chi connectivity index (χ3v) is 5.10. The van der Waals surface area contributed by atoms with E-state index in [9.17, 15) is 14.4 Å². The number of nitrogens with one attached hydrogen (secondary N) is 2. The van der Waals surface area contributed by atoms with E-state index in [1.165, 1.54) is 6.07 Å². The first-order chi connectivity index (χ1) is 12.3. The Kier molecular flexibility index (Phi) is 6.92. The molecule has 2 rings (SSSR count). The van der Waals surface area contributed by atoms with Crippen LogP contribution in [0.25, 0.3) is 0 Å². The Morgan fingerprint density at radius 1 is 1.38 bits per heavy atom. The summed E-state index contributed by atoms with van der Waals surface area (Å²) in [4.78, 5) is 47.0. The first kappa shape index (κ1) is 20.1. The first-order valence-electron chi connectivity index (χ1n) is 7.98. The van der Waals surface area contributed by atoms with Gasteiger partial charge in [0.1, 0.15) is 4.88 Å². The van der Waals surface area contributed by atoms with Crippen LogP contribution in [0.2, 0.25) is 0 Å². The normalized spacial score (nSPS) is 10.8. The van der Waals surface area contributed by atoms with Crippen LogP contribution < -0.4 is 10.9 Å². The quantitative estimate of drug-likeness (QED) is 0.420. The molecule has 0 fully saturated rings. The molecule has 140 valence electrons. The standard InChI is InChI=1S/C16H20N4O4S2/c1-5-24-14(23)13-9(4)17-16(26-13)20-12(22)7-25-15-18-10(8(2)3)6-11(21)19-15/h6,8H,5,7H2,1-4H3,(H,17,20,22)(H,18,19,21). The monoisotopic (exact) mass is 396 g/mol. The Balaban J connectivity index is 1.98. The van der Waals surface area contributed by atoms with Gasteiger partial charge in [-0.25, -0.2) is 14.8 Å². The number of thioether (sulfide) groups is 1. The second kappa shape index (κ2) is 8.95. The van der Waals surface area contributed by atoms with Gasteiger partial charge >= 0.3 is 5.97 Å². The van der Waals surface area contributed by atoms with Crippen LogP contribution in [-0.4, -0.2) is 39.2 Å². The Bertz CT molecular complexity index is 860. The minimum absolute atomic E-state index is 0.0534. The molecule has 1 amide bonds. The van der Waals surface area contributed by atoms with Crippen molar-refractivity contribution in [2.45, 2.75) is 38.8 Å². The molecule has 0 bridgehead atoms. The van der Waals surface area contributed by atoms with Gasteiger partial charge < -0.3 is 15.0 Å². The number of hydrogen-bond acceptors (Lipinski definition) is 8. The number of amides is 1. The number of thiazole rings is 1. The van der Waals surface area contributed by atoms with Crippen molar-refractivity contribution in [3.05, 3.63) is 32.7 Å². The lowest BCUT2D eigenvalue weighted by Crippen LogP contribution is -2.16. The Labute approximate surface area is 158 Å². The molecule has 0 aliphatic rings. The number of aryl methyl sites for hydroxylation is 1. The van der Waals surface area contributed by atoms with Gasteiger partial charge in [0.15, 0.2) is 10.3 Å². The second-order valence-electron chi connectivity index (χ2n) is 5.62. The summed E-state index contributed by atoms with van der Waals surface area (Å²) < 4.78 is 4.95. The van der Waals surface area contributed by atoms with Crippen LogP contribution >= 0.6 is 23.1 Å². The van der Waals surface area contributed by atoms with Gasteiger partial charge in [-0.3, -0.25) is 9.59 Å². The number of ether oxygens (including phenoxy) is 1. The minimum atomic E-state index is -0.454. The zero-order valence-electron chi connectivity index (χ0n) is 14.9. The van der Waals surface area contributed by atoms with E-state index in [1.807, 2.05) is 13.8 Å². The fourth-order valence-corrected chi connectivity index (χ4v) is 3.50. The topological polar surface area (TPSA) is 114 Å². The van der Waals surface area contributed by atoms with E-state index in [4.69, 9.17) is 4.74 Å². The molecule has 0 aromatic carbocycles. The predicted molar refractivity (Wildman–Crippen MR) is 101 cm³/mol. The molecule has 26 heavy (non-hydrogen) atoms. The van der Waals surface area contributed by atoms with Crippen LogP contribution in [-0.2, 0) is 9.53 Å². The van der Waals surface area contributed by atoms with Crippen LogP contribution in [0.3, 0.4) is 0 Å². The van der Waals surface area contributed by atoms with E-state index < -0.39 is 5.97 Å². The number of nitrogens with zero attached hydrogens (tertiary/aromatic N) is 2. The van der Waals surface area contributed by atoms with Gasteiger partial charge in [0.25, 0.3) is 5.56 Å². The number of carbonyl (C=O) groups is 2. The first-order valence-corrected chi connectivity index (χ1v) is 9.78. The molecular formula is C16H20N4O4S2. The number of anilines is 1. The molecule has 0 aliphatic carbocycles. The van der Waals surface area contributed by atoms with E-state index in [2.05, 4.69) is 20.3 Å². The van der Waals surface area contributed by atoms with Crippen molar-refractivity contribution in [3.63, 3.8) is 0 Å². The highest BCUT2D eigenvalue weighted by molar-refractivity contribution is 7.99. The smallest absolute Gasteiger partial charge is 0.350 e. The third-order valence-electron chi connectivity index (χ3n) is 3.18. The van der Waals surface area contributed by atoms with E-state index in [1.54, 1.807) is 13.8 Å². The average Bonchev–Trinajstić information content (AvgIpc) is 2.93. The van der Waals surface area contributed by atoms with Crippen LogP contribution in [0.1, 0.15) is 47.7 Å². The molecule has 2 N–H and O–H groups in total. The molecule has 0 unspecified atom stereocenters. The summed E-state index contributed by atoms with van der Waals surface area (Å²) in [6.07, 6.45) is 0.